The summed E-state index contributed by atoms with van der Waals surface area (Å²) in [5.41, 5.74) is 0. The van der Waals surface area contributed by atoms with Gasteiger partial charge in [0.05, 0.1) is 77.7 Å². The monoisotopic (exact) mass is 1810 g/mol. The van der Waals surface area contributed by atoms with Crippen LogP contribution >= 0.6 is 0 Å². The molecule has 0 aromatic rings. The molecule has 9 fully saturated rings. The van der Waals surface area contributed by atoms with E-state index in [1.807, 2.05) is 0 Å². The standard InChI is InChI=1S/C70H119N5O49/c1-17-37(90)49(102)51(104)66(108-17)123-60-58(121-63-33(72-20(4)85)45(98)40(93)26(9-77)110-63)43(96)29(12-80)113-69(60)118-55-31(14-82)115-62(35(47(55)100)74-22(6)87)107-16-25(89)39(92)54(24(8-76)71-19(3)84)117-68-53(106)57(42(95)28(11-79)112-68)120-65-36(75-23(7)88)48(101)56(32(15-83)116-65)119-70-61(124-67-52(105)50(103)38(91)18(2)109-67)59(44(97)30(13-81)114-70)122-64-34(73-21(5)86)46(99)41(94)27(10-78)111-64/h17-18,24-70,76-83,89-106H,8-16H2,1-7H3,(H,71,84)(H,72,85)(H,73,86)(H,74,87)(H,75,88)/t17-,18-,24-,25+,26+,27+,28+,29+,30+,31+,32+,33+,34+,35+,36+,37+,38+,39-,40-,41-,42-,43-,44-,45+,46+,47+,48+,49+,50+,51-,52-,53+,54+,55+,56+,57-,58-,59-,60+,61+,62+,63+,64+,65-,66-,67-,68-,69-,70-/m0/s1. The van der Waals surface area contributed by atoms with Crippen LogP contribution in [0.5, 0.6) is 0 Å². The molecule has 0 unspecified atom stereocenters. The molecule has 9 saturated heterocycles. The highest BCUT2D eigenvalue weighted by Gasteiger charge is 2.62. The van der Waals surface area contributed by atoms with Crippen molar-refractivity contribution in [2.45, 2.75) is 349 Å². The first-order valence-electron chi connectivity index (χ1n) is 39.8. The summed E-state index contributed by atoms with van der Waals surface area (Å²) in [6.45, 7) is -3.06. The lowest BCUT2D eigenvalue weighted by molar-refractivity contribution is -0.401. The Morgan fingerprint density at radius 1 is 0.290 bits per heavy atom. The van der Waals surface area contributed by atoms with E-state index >= 15 is 0 Å². The first-order valence-corrected chi connectivity index (χ1v) is 39.8. The van der Waals surface area contributed by atoms with Crippen LogP contribution in [0.4, 0.5) is 0 Å². The normalized spacial score (nSPS) is 46.3. The first-order chi connectivity index (χ1) is 58.5. The number of hydrogen-bond acceptors (Lipinski definition) is 49. The van der Waals surface area contributed by atoms with Gasteiger partial charge in [-0.05, 0) is 13.8 Å². The van der Waals surface area contributed by atoms with Crippen molar-refractivity contribution >= 4 is 29.5 Å². The summed E-state index contributed by atoms with van der Waals surface area (Å²) in [5.74, 6) is -4.60. The van der Waals surface area contributed by atoms with Crippen LogP contribution in [0.1, 0.15) is 48.5 Å². The molecule has 0 aromatic carbocycles. The quantitative estimate of drug-likeness (QED) is 0.0280. The molecule has 49 atom stereocenters. The van der Waals surface area contributed by atoms with E-state index < -0.39 is 389 Å². The maximum Gasteiger partial charge on any atom is 0.217 e. The van der Waals surface area contributed by atoms with Crippen molar-refractivity contribution in [1.29, 1.82) is 0 Å². The summed E-state index contributed by atoms with van der Waals surface area (Å²) in [7, 11) is 0. The van der Waals surface area contributed by atoms with E-state index in [0.717, 1.165) is 34.6 Å². The highest BCUT2D eigenvalue weighted by Crippen LogP contribution is 2.41. The third kappa shape index (κ3) is 23.5. The lowest BCUT2D eigenvalue weighted by Crippen LogP contribution is -2.71. The van der Waals surface area contributed by atoms with Crippen LogP contribution in [0.25, 0.3) is 0 Å². The van der Waals surface area contributed by atoms with Crippen molar-refractivity contribution in [3.05, 3.63) is 0 Å². The van der Waals surface area contributed by atoms with Gasteiger partial charge in [-0.3, -0.25) is 24.0 Å². The third-order valence-electron chi connectivity index (χ3n) is 22.5. The van der Waals surface area contributed by atoms with Crippen LogP contribution in [0.15, 0.2) is 0 Å². The molecule has 54 nitrogen and oxygen atoms in total. The van der Waals surface area contributed by atoms with Crippen molar-refractivity contribution in [2.75, 3.05) is 59.5 Å². The molecule has 0 saturated carbocycles. The number of aliphatic hydroxyl groups excluding tert-OH is 26. The van der Waals surface area contributed by atoms with Crippen LogP contribution in [0, 0.1) is 0 Å². The van der Waals surface area contributed by atoms with Gasteiger partial charge in [-0.25, -0.2) is 0 Å². The smallest absolute Gasteiger partial charge is 0.217 e. The van der Waals surface area contributed by atoms with Gasteiger partial charge < -0.3 is 245 Å². The first kappa shape index (κ1) is 103. The molecular formula is C70H119N5O49. The Morgan fingerprint density at radius 2 is 0.589 bits per heavy atom. The highest BCUT2D eigenvalue weighted by molar-refractivity contribution is 5.75. The van der Waals surface area contributed by atoms with Gasteiger partial charge in [-0.2, -0.15) is 0 Å². The molecule has 54 heteroatoms. The number of carbonyl (C=O) groups is 5. The molecule has 9 aliphatic rings. The second-order valence-electron chi connectivity index (χ2n) is 31.4. The van der Waals surface area contributed by atoms with E-state index in [2.05, 4.69) is 26.6 Å². The molecule has 0 aromatic heterocycles. The summed E-state index contributed by atoms with van der Waals surface area (Å²) >= 11 is 0. The predicted molar refractivity (Wildman–Crippen MR) is 387 cm³/mol. The van der Waals surface area contributed by atoms with E-state index in [1.165, 1.54) is 13.8 Å². The third-order valence-corrected chi connectivity index (χ3v) is 22.5. The molecule has 0 aliphatic carbocycles. The second-order valence-corrected chi connectivity index (χ2v) is 31.4. The molecule has 0 radical (unpaired) electrons. The molecule has 0 bridgehead atoms. The zero-order valence-electron chi connectivity index (χ0n) is 67.7. The minimum absolute atomic E-state index is 0.841. The Hall–Kier alpha value is -4.41. The van der Waals surface area contributed by atoms with Crippen molar-refractivity contribution in [3.63, 3.8) is 0 Å². The molecule has 9 heterocycles. The average Bonchev–Trinajstić information content (AvgIpc) is 0.769. The van der Waals surface area contributed by atoms with Crippen molar-refractivity contribution in [3.8, 4) is 0 Å². The Morgan fingerprint density at radius 3 is 0.944 bits per heavy atom. The second kappa shape index (κ2) is 45.6. The van der Waals surface area contributed by atoms with Crippen LogP contribution < -0.4 is 26.6 Å². The summed E-state index contributed by atoms with van der Waals surface area (Å²) in [5, 5.41) is 303. The van der Waals surface area contributed by atoms with Crippen LogP contribution in [-0.2, 0) is 109 Å². The molecule has 5 amide bonds. The van der Waals surface area contributed by atoms with Gasteiger partial charge in [-0.1, -0.05) is 0 Å². The number of ether oxygens (including phenoxy) is 18. The number of aliphatic hydroxyl groups is 26. The van der Waals surface area contributed by atoms with Gasteiger partial charge in [0.15, 0.2) is 56.6 Å². The molecule has 31 N–H and O–H groups in total. The van der Waals surface area contributed by atoms with Crippen LogP contribution in [0.3, 0.4) is 0 Å². The number of amides is 5. The lowest BCUT2D eigenvalue weighted by Gasteiger charge is -2.51. The summed E-state index contributed by atoms with van der Waals surface area (Å²) in [6.07, 6.45) is -90.2. The van der Waals surface area contributed by atoms with Gasteiger partial charge >= 0.3 is 0 Å². The summed E-state index contributed by atoms with van der Waals surface area (Å²) in [4.78, 5) is 64.0. The van der Waals surface area contributed by atoms with Gasteiger partial charge in [-0.15, -0.1) is 0 Å². The maximum absolute atomic E-state index is 13.2. The number of nitrogens with one attached hydrogen (secondary N) is 5. The predicted octanol–water partition coefficient (Wildman–Crippen LogP) is -20.4. The molecule has 9 aliphatic heterocycles. The zero-order chi connectivity index (χ0) is 91.8. The van der Waals surface area contributed by atoms with E-state index in [-0.39, 0.29) is 0 Å². The highest BCUT2D eigenvalue weighted by atomic mass is 16.8. The van der Waals surface area contributed by atoms with E-state index in [9.17, 15) is 157 Å². The summed E-state index contributed by atoms with van der Waals surface area (Å²) < 4.78 is 108. The van der Waals surface area contributed by atoms with Crippen molar-refractivity contribution in [2.24, 2.45) is 0 Å². The van der Waals surface area contributed by atoms with Gasteiger partial charge in [0.1, 0.15) is 226 Å². The van der Waals surface area contributed by atoms with E-state index in [1.54, 1.807) is 0 Å². The zero-order valence-corrected chi connectivity index (χ0v) is 67.7. The van der Waals surface area contributed by atoms with Crippen LogP contribution in [0.2, 0.25) is 0 Å². The number of rotatable bonds is 35. The minimum atomic E-state index is -2.53. The van der Waals surface area contributed by atoms with E-state index in [0.29, 0.717) is 0 Å². The van der Waals surface area contributed by atoms with Gasteiger partial charge in [0.25, 0.3) is 0 Å². The SMILES string of the molecule is CC(=O)N[C@H]1[C@H](OC[C@@H](O)[C@H](O)[C@H](O[C@@H]2O[C@H](CO)[C@H](O)[C@H](O[C@@H]3O[C@H](CO)[C@@H](O[C@@H]4O[C@H](CO)[C@H](O)[C@H](O[C@H]5O[C@H](CO)[C@H](O)[C@H](O)[C@H]5NC(C)=O)[C@H]4O[C@@H]4O[C@@H](C)[C@@H](O)[C@@H](O)[C@@H]4O)[C@H](O)[C@H]3NC(C)=O)[C@H]2O)[C@H](CO)NC(C)=O)O[C@H](CO)[C@@H](O[C@@H]2O[C@H](CO)[C@H](O)[C@H](O[C@H]3O[C@H](CO)[C@H](O)[C@H](O)[C@H]3NC(C)=O)[C@H]2O[C@@H]2O[C@@H](C)[C@@H](O)[C@@H](O)[C@@H]2O)[C@@H]1O. The molecular weight excluding hydrogens is 1690 g/mol. The van der Waals surface area contributed by atoms with Gasteiger partial charge in [0.2, 0.25) is 29.5 Å². The Bertz CT molecular complexity index is 3350. The van der Waals surface area contributed by atoms with Crippen molar-refractivity contribution < 1.29 is 242 Å². The fourth-order valence-corrected chi connectivity index (χ4v) is 15.8. The Kier molecular flexibility index (Phi) is 38.0. The van der Waals surface area contributed by atoms with Gasteiger partial charge in [0, 0.05) is 34.6 Å². The Balaban J connectivity index is 0.960. The fraction of sp³-hybridized carbons (Fsp3) is 0.929. The largest absolute Gasteiger partial charge is 0.394 e. The molecule has 0 spiro atoms. The maximum atomic E-state index is 13.2. The lowest BCUT2D eigenvalue weighted by atomic mass is 9.93. The number of carbonyl (C=O) groups excluding carboxylic acids is 5. The minimum Gasteiger partial charge on any atom is -0.394 e. The molecule has 9 rings (SSSR count). The molecule has 718 valence electrons. The average molecular weight is 1810 g/mol. The fourth-order valence-electron chi connectivity index (χ4n) is 15.8. The molecule has 124 heavy (non-hydrogen) atoms. The van der Waals surface area contributed by atoms with E-state index in [4.69, 9.17) is 85.3 Å². The number of hydrogen-bond donors (Lipinski definition) is 31. The topological polar surface area (TPSA) is 838 Å². The Labute approximate surface area is 704 Å². The summed E-state index contributed by atoms with van der Waals surface area (Å²) in [6, 6.07) is -9.35. The van der Waals surface area contributed by atoms with Crippen LogP contribution in [-0.4, -0.2) is 522 Å². The van der Waals surface area contributed by atoms with Crippen molar-refractivity contribution in [1.82, 2.24) is 26.6 Å².